The average molecular weight is 279 g/mol. The fourth-order valence-corrected chi connectivity index (χ4v) is 2.09. The fourth-order valence-electron chi connectivity index (χ4n) is 2.09. The lowest BCUT2D eigenvalue weighted by molar-refractivity contribution is 0.957. The van der Waals surface area contributed by atoms with E-state index in [1.165, 1.54) is 0 Å². The van der Waals surface area contributed by atoms with Gasteiger partial charge in [0.1, 0.15) is 0 Å². The van der Waals surface area contributed by atoms with Gasteiger partial charge in [-0.3, -0.25) is 0 Å². The van der Waals surface area contributed by atoms with Crippen molar-refractivity contribution in [2.24, 2.45) is 0 Å². The molecule has 0 aromatic heterocycles. The van der Waals surface area contributed by atoms with E-state index in [1.54, 1.807) is 0 Å². The van der Waals surface area contributed by atoms with Crippen molar-refractivity contribution in [2.45, 2.75) is 0 Å². The van der Waals surface area contributed by atoms with Crippen molar-refractivity contribution in [1.82, 2.24) is 0 Å². The first kappa shape index (κ1) is 14.7. The molecule has 0 aliphatic rings. The van der Waals surface area contributed by atoms with Crippen LogP contribution in [0.15, 0.2) is 73.8 Å². The van der Waals surface area contributed by atoms with Gasteiger partial charge in [0.05, 0.1) is 0 Å². The number of nitrogen functional groups attached to an aromatic ring is 1. The molecule has 3 heteroatoms. The number of rotatable bonds is 7. The predicted octanol–water partition coefficient (Wildman–Crippen LogP) is 4.19. The highest BCUT2D eigenvalue weighted by molar-refractivity contribution is 5.64. The number of hydrogen-bond donors (Lipinski definition) is 2. The molecule has 0 aliphatic carbocycles. The maximum absolute atomic E-state index is 5.68. The van der Waals surface area contributed by atoms with Crippen molar-refractivity contribution in [3.63, 3.8) is 0 Å². The summed E-state index contributed by atoms with van der Waals surface area (Å²) in [4.78, 5) is 2.20. The molecule has 2 aromatic rings. The molecule has 108 valence electrons. The van der Waals surface area contributed by atoms with E-state index in [-0.39, 0.29) is 0 Å². The minimum atomic E-state index is 0.764. The third-order valence-corrected chi connectivity index (χ3v) is 3.13. The summed E-state index contributed by atoms with van der Waals surface area (Å²) in [6.07, 6.45) is 3.79. The number of benzene rings is 2. The Labute approximate surface area is 126 Å². The van der Waals surface area contributed by atoms with Crippen molar-refractivity contribution in [1.29, 1.82) is 0 Å². The summed E-state index contributed by atoms with van der Waals surface area (Å²) in [6.45, 7) is 9.19. The highest BCUT2D eigenvalue weighted by Crippen LogP contribution is 2.21. The maximum atomic E-state index is 5.68. The van der Waals surface area contributed by atoms with Crippen LogP contribution in [0, 0.1) is 0 Å². The molecule has 0 amide bonds. The summed E-state index contributed by atoms with van der Waals surface area (Å²) in [5, 5.41) is 3.35. The van der Waals surface area contributed by atoms with E-state index in [0.29, 0.717) is 0 Å². The van der Waals surface area contributed by atoms with E-state index >= 15 is 0 Å². The molecule has 21 heavy (non-hydrogen) atoms. The van der Waals surface area contributed by atoms with E-state index in [1.807, 2.05) is 36.4 Å². The zero-order valence-corrected chi connectivity index (χ0v) is 12.1. The Hall–Kier alpha value is -2.68. The summed E-state index contributed by atoms with van der Waals surface area (Å²) in [7, 11) is 0. The lowest BCUT2D eigenvalue weighted by Gasteiger charge is -2.21. The van der Waals surface area contributed by atoms with Crippen molar-refractivity contribution < 1.29 is 0 Å². The molecule has 0 heterocycles. The van der Waals surface area contributed by atoms with Crippen LogP contribution in [0.3, 0.4) is 0 Å². The predicted molar refractivity (Wildman–Crippen MR) is 93.2 cm³/mol. The summed E-state index contributed by atoms with van der Waals surface area (Å²) < 4.78 is 0. The quantitative estimate of drug-likeness (QED) is 0.590. The molecule has 2 aromatic carbocycles. The first-order valence-corrected chi connectivity index (χ1v) is 6.92. The van der Waals surface area contributed by atoms with Gasteiger partial charge in [-0.25, -0.2) is 0 Å². The second-order valence-corrected chi connectivity index (χ2v) is 4.78. The van der Waals surface area contributed by atoms with E-state index in [4.69, 9.17) is 5.73 Å². The van der Waals surface area contributed by atoms with Gasteiger partial charge in [-0.05, 0) is 48.5 Å². The van der Waals surface area contributed by atoms with Crippen LogP contribution < -0.4 is 16.0 Å². The van der Waals surface area contributed by atoms with Crippen molar-refractivity contribution in [2.75, 3.05) is 29.0 Å². The van der Waals surface area contributed by atoms with Crippen LogP contribution in [0.1, 0.15) is 0 Å². The van der Waals surface area contributed by atoms with Crippen molar-refractivity contribution in [3.8, 4) is 0 Å². The van der Waals surface area contributed by atoms with Crippen LogP contribution in [0.4, 0.5) is 22.7 Å². The Balaban J connectivity index is 2.08. The van der Waals surface area contributed by atoms with Crippen LogP contribution in [-0.4, -0.2) is 13.1 Å². The highest BCUT2D eigenvalue weighted by Gasteiger charge is 2.02. The minimum absolute atomic E-state index is 0.764. The van der Waals surface area contributed by atoms with E-state index < -0.39 is 0 Å². The number of hydrogen-bond acceptors (Lipinski definition) is 3. The average Bonchev–Trinajstić information content (AvgIpc) is 2.50. The number of nitrogens with zero attached hydrogens (tertiary/aromatic N) is 1. The van der Waals surface area contributed by atoms with Crippen LogP contribution in [0.2, 0.25) is 0 Å². The molecule has 0 saturated carbocycles. The normalized spacial score (nSPS) is 9.90. The second-order valence-electron chi connectivity index (χ2n) is 4.78. The third kappa shape index (κ3) is 4.14. The zero-order valence-electron chi connectivity index (χ0n) is 12.1. The molecule has 0 radical (unpaired) electrons. The van der Waals surface area contributed by atoms with Gasteiger partial charge in [-0.15, -0.1) is 13.2 Å². The molecule has 0 aliphatic heterocycles. The fraction of sp³-hybridized carbons (Fsp3) is 0.111. The molecule has 3 N–H and O–H groups in total. The Morgan fingerprint density at radius 2 is 1.33 bits per heavy atom. The Kier molecular flexibility index (Phi) is 5.04. The number of nitrogens with two attached hydrogens (primary N) is 1. The van der Waals surface area contributed by atoms with Gasteiger partial charge in [0.15, 0.2) is 0 Å². The molecule has 0 unspecified atom stereocenters. The summed E-state index contributed by atoms with van der Waals surface area (Å²) >= 11 is 0. The van der Waals surface area contributed by atoms with Crippen LogP contribution >= 0.6 is 0 Å². The first-order valence-electron chi connectivity index (χ1n) is 6.92. The van der Waals surface area contributed by atoms with Gasteiger partial charge in [0, 0.05) is 35.8 Å². The van der Waals surface area contributed by atoms with Gasteiger partial charge < -0.3 is 16.0 Å². The van der Waals surface area contributed by atoms with Gasteiger partial charge in [0.2, 0.25) is 0 Å². The molecule has 0 spiro atoms. The largest absolute Gasteiger partial charge is 0.399 e. The highest BCUT2D eigenvalue weighted by atomic mass is 15.1. The zero-order chi connectivity index (χ0) is 15.1. The van der Waals surface area contributed by atoms with E-state index in [2.05, 4.69) is 47.6 Å². The van der Waals surface area contributed by atoms with Crippen LogP contribution in [0.5, 0.6) is 0 Å². The standard InChI is InChI=1S/C18H21N3/c1-3-13-21(14-4-2)18-11-9-17(10-12-18)20-16-7-5-15(19)6-8-16/h3-12,20H,1-2,13-14,19H2. The molecular formula is C18H21N3. The summed E-state index contributed by atoms with van der Waals surface area (Å²) in [6, 6.07) is 16.0. The molecule has 3 nitrogen and oxygen atoms in total. The molecule has 0 saturated heterocycles. The lowest BCUT2D eigenvalue weighted by atomic mass is 10.2. The van der Waals surface area contributed by atoms with Crippen molar-refractivity contribution in [3.05, 3.63) is 73.8 Å². The summed E-state index contributed by atoms with van der Waals surface area (Å²) in [5.74, 6) is 0. The maximum Gasteiger partial charge on any atom is 0.0385 e. The molecule has 0 bridgehead atoms. The van der Waals surface area contributed by atoms with Crippen LogP contribution in [0.25, 0.3) is 0 Å². The van der Waals surface area contributed by atoms with Gasteiger partial charge >= 0.3 is 0 Å². The monoisotopic (exact) mass is 279 g/mol. The molecule has 0 fully saturated rings. The first-order chi connectivity index (χ1) is 10.2. The number of nitrogens with one attached hydrogen (secondary N) is 1. The van der Waals surface area contributed by atoms with Crippen molar-refractivity contribution >= 4 is 22.7 Å². The third-order valence-electron chi connectivity index (χ3n) is 3.13. The minimum Gasteiger partial charge on any atom is -0.399 e. The number of anilines is 4. The van der Waals surface area contributed by atoms with Crippen LogP contribution in [-0.2, 0) is 0 Å². The Morgan fingerprint density at radius 1 is 0.857 bits per heavy atom. The van der Waals surface area contributed by atoms with Gasteiger partial charge in [-0.1, -0.05) is 12.2 Å². The summed E-state index contributed by atoms with van der Waals surface area (Å²) in [5.41, 5.74) is 9.66. The Bertz CT molecular complexity index is 575. The SMILES string of the molecule is C=CCN(CC=C)c1ccc(Nc2ccc(N)cc2)cc1. The topological polar surface area (TPSA) is 41.3 Å². The molecular weight excluding hydrogens is 258 g/mol. The second kappa shape index (κ2) is 7.20. The molecule has 0 atom stereocenters. The van der Waals surface area contributed by atoms with E-state index in [9.17, 15) is 0 Å². The lowest BCUT2D eigenvalue weighted by Crippen LogP contribution is -2.22. The Morgan fingerprint density at radius 3 is 1.81 bits per heavy atom. The van der Waals surface area contributed by atoms with Gasteiger partial charge in [0.25, 0.3) is 0 Å². The molecule has 2 rings (SSSR count). The van der Waals surface area contributed by atoms with Gasteiger partial charge in [-0.2, -0.15) is 0 Å². The smallest absolute Gasteiger partial charge is 0.0385 e. The van der Waals surface area contributed by atoms with E-state index in [0.717, 1.165) is 35.8 Å².